The molecule has 0 aliphatic carbocycles. The Kier molecular flexibility index (Phi) is 13.3. The number of esters is 1. The smallest absolute Gasteiger partial charge is 0.305 e. The highest BCUT2D eigenvalue weighted by Crippen LogP contribution is 2.10. The number of methoxy groups -OCH3 is 1. The summed E-state index contributed by atoms with van der Waals surface area (Å²) in [6.07, 6.45) is 3.21. The van der Waals surface area contributed by atoms with Gasteiger partial charge in [-0.2, -0.15) is 0 Å². The summed E-state index contributed by atoms with van der Waals surface area (Å²) >= 11 is 0. The van der Waals surface area contributed by atoms with Crippen molar-refractivity contribution in [3.63, 3.8) is 0 Å². The Bertz CT molecular complexity index is 507. The summed E-state index contributed by atoms with van der Waals surface area (Å²) in [5.41, 5.74) is 2.60. The second kappa shape index (κ2) is 14.1. The molecule has 0 spiro atoms. The standard InChI is InChI=1S/C18H29N3O2.HI/c1-4-15-10-6-7-11-16(15)14-21-18(19-5-2)20-13-9-8-12-17(22)23-3;/h6-7,10-11H,4-5,8-9,12-14H2,1-3H3,(H2,19,20,21);1H. The van der Waals surface area contributed by atoms with Gasteiger partial charge in [-0.1, -0.05) is 31.2 Å². The number of hydrogen-bond donors (Lipinski definition) is 2. The molecule has 0 radical (unpaired) electrons. The molecule has 0 aliphatic rings. The molecule has 24 heavy (non-hydrogen) atoms. The van der Waals surface area contributed by atoms with Gasteiger partial charge in [0, 0.05) is 19.5 Å². The minimum absolute atomic E-state index is 0. The summed E-state index contributed by atoms with van der Waals surface area (Å²) in [5, 5.41) is 6.56. The van der Waals surface area contributed by atoms with Crippen LogP contribution in [0, 0.1) is 0 Å². The first-order valence-corrected chi connectivity index (χ1v) is 8.37. The van der Waals surface area contributed by atoms with Gasteiger partial charge in [0.05, 0.1) is 13.7 Å². The van der Waals surface area contributed by atoms with Crippen molar-refractivity contribution in [1.82, 2.24) is 10.6 Å². The van der Waals surface area contributed by atoms with Gasteiger partial charge in [-0.15, -0.1) is 24.0 Å². The van der Waals surface area contributed by atoms with Gasteiger partial charge >= 0.3 is 5.97 Å². The Balaban J connectivity index is 0.00000529. The third-order valence-corrected chi connectivity index (χ3v) is 3.58. The molecule has 1 aromatic carbocycles. The van der Waals surface area contributed by atoms with Crippen LogP contribution in [-0.2, 0) is 22.5 Å². The Morgan fingerprint density at radius 1 is 1.12 bits per heavy atom. The van der Waals surface area contributed by atoms with Crippen LogP contribution in [0.4, 0.5) is 0 Å². The number of benzene rings is 1. The lowest BCUT2D eigenvalue weighted by Gasteiger charge is -2.12. The summed E-state index contributed by atoms with van der Waals surface area (Å²) in [4.78, 5) is 15.7. The maximum absolute atomic E-state index is 11.1. The van der Waals surface area contributed by atoms with Crippen LogP contribution in [0.25, 0.3) is 0 Å². The van der Waals surface area contributed by atoms with Crippen molar-refractivity contribution < 1.29 is 9.53 Å². The minimum Gasteiger partial charge on any atom is -0.469 e. The third-order valence-electron chi connectivity index (χ3n) is 3.58. The molecule has 0 aromatic heterocycles. The first-order valence-electron chi connectivity index (χ1n) is 8.37. The molecule has 1 rings (SSSR count). The van der Waals surface area contributed by atoms with Gasteiger partial charge in [-0.05, 0) is 37.3 Å². The maximum atomic E-state index is 11.1. The van der Waals surface area contributed by atoms with Gasteiger partial charge in [0.2, 0.25) is 0 Å². The molecule has 136 valence electrons. The number of halogens is 1. The van der Waals surface area contributed by atoms with E-state index in [0.717, 1.165) is 38.3 Å². The summed E-state index contributed by atoms with van der Waals surface area (Å²) < 4.78 is 4.63. The number of nitrogens with zero attached hydrogens (tertiary/aromatic N) is 1. The monoisotopic (exact) mass is 447 g/mol. The normalized spacial score (nSPS) is 10.7. The van der Waals surface area contributed by atoms with Crippen LogP contribution >= 0.6 is 24.0 Å². The van der Waals surface area contributed by atoms with Crippen molar-refractivity contribution in [2.75, 3.05) is 20.2 Å². The number of guanidine groups is 1. The van der Waals surface area contributed by atoms with E-state index < -0.39 is 0 Å². The van der Waals surface area contributed by atoms with E-state index in [1.165, 1.54) is 18.2 Å². The zero-order valence-electron chi connectivity index (χ0n) is 14.9. The van der Waals surface area contributed by atoms with Crippen molar-refractivity contribution in [3.05, 3.63) is 35.4 Å². The Labute approximate surface area is 162 Å². The van der Waals surface area contributed by atoms with E-state index in [9.17, 15) is 4.79 Å². The van der Waals surface area contributed by atoms with Crippen LogP contribution in [-0.4, -0.2) is 32.1 Å². The van der Waals surface area contributed by atoms with Gasteiger partial charge < -0.3 is 15.4 Å². The largest absolute Gasteiger partial charge is 0.469 e. The molecular weight excluding hydrogens is 417 g/mol. The highest BCUT2D eigenvalue weighted by atomic mass is 127. The van der Waals surface area contributed by atoms with Crippen LogP contribution in [0.5, 0.6) is 0 Å². The summed E-state index contributed by atoms with van der Waals surface area (Å²) in [7, 11) is 1.42. The topological polar surface area (TPSA) is 62.7 Å². The molecule has 0 atom stereocenters. The molecule has 0 amide bonds. The number of ether oxygens (including phenoxy) is 1. The Morgan fingerprint density at radius 3 is 2.46 bits per heavy atom. The number of nitrogens with one attached hydrogen (secondary N) is 2. The first kappa shape index (κ1) is 22.7. The highest BCUT2D eigenvalue weighted by Gasteiger charge is 2.02. The molecule has 0 fully saturated rings. The van der Waals surface area contributed by atoms with E-state index in [1.807, 2.05) is 0 Å². The zero-order valence-corrected chi connectivity index (χ0v) is 17.3. The molecule has 1 aromatic rings. The SMILES string of the molecule is CCNC(=NCc1ccccc1CC)NCCCCC(=O)OC.I. The molecule has 0 unspecified atom stereocenters. The minimum atomic E-state index is -0.151. The second-order valence-electron chi connectivity index (χ2n) is 5.28. The second-order valence-corrected chi connectivity index (χ2v) is 5.28. The van der Waals surface area contributed by atoms with Crippen LogP contribution in [0.2, 0.25) is 0 Å². The lowest BCUT2D eigenvalue weighted by Crippen LogP contribution is -2.37. The van der Waals surface area contributed by atoms with Crippen LogP contribution < -0.4 is 10.6 Å². The molecule has 0 saturated carbocycles. The Hall–Kier alpha value is -1.31. The van der Waals surface area contributed by atoms with Crippen LogP contribution in [0.15, 0.2) is 29.3 Å². The van der Waals surface area contributed by atoms with E-state index in [4.69, 9.17) is 0 Å². The van der Waals surface area contributed by atoms with Gasteiger partial charge in [0.15, 0.2) is 5.96 Å². The van der Waals surface area contributed by atoms with E-state index in [1.54, 1.807) is 0 Å². The molecule has 0 saturated heterocycles. The fourth-order valence-corrected chi connectivity index (χ4v) is 2.27. The van der Waals surface area contributed by atoms with Gasteiger partial charge in [-0.25, -0.2) is 4.99 Å². The number of hydrogen-bond acceptors (Lipinski definition) is 3. The number of carbonyl (C=O) groups is 1. The number of unbranched alkanes of at least 4 members (excludes halogenated alkanes) is 1. The molecule has 0 bridgehead atoms. The fourth-order valence-electron chi connectivity index (χ4n) is 2.27. The van der Waals surface area contributed by atoms with Crippen molar-refractivity contribution in [2.45, 2.75) is 46.1 Å². The van der Waals surface area contributed by atoms with E-state index in [0.29, 0.717) is 13.0 Å². The lowest BCUT2D eigenvalue weighted by molar-refractivity contribution is -0.140. The first-order chi connectivity index (χ1) is 11.2. The zero-order chi connectivity index (χ0) is 16.9. The molecular formula is C18H30IN3O2. The van der Waals surface area contributed by atoms with E-state index in [-0.39, 0.29) is 29.9 Å². The van der Waals surface area contributed by atoms with Crippen molar-refractivity contribution in [1.29, 1.82) is 0 Å². The number of rotatable bonds is 9. The fraction of sp³-hybridized carbons (Fsp3) is 0.556. The molecule has 0 heterocycles. The Morgan fingerprint density at radius 2 is 1.83 bits per heavy atom. The van der Waals surface area contributed by atoms with Crippen molar-refractivity contribution in [3.8, 4) is 0 Å². The van der Waals surface area contributed by atoms with E-state index >= 15 is 0 Å². The van der Waals surface area contributed by atoms with E-state index in [2.05, 4.69) is 58.5 Å². The lowest BCUT2D eigenvalue weighted by atomic mass is 10.1. The van der Waals surface area contributed by atoms with Gasteiger partial charge in [0.1, 0.15) is 0 Å². The number of carbonyl (C=O) groups excluding carboxylic acids is 1. The third kappa shape index (κ3) is 9.10. The molecule has 2 N–H and O–H groups in total. The van der Waals surface area contributed by atoms with Crippen LogP contribution in [0.3, 0.4) is 0 Å². The maximum Gasteiger partial charge on any atom is 0.305 e. The number of aliphatic imine (C=N–C) groups is 1. The average molecular weight is 447 g/mol. The average Bonchev–Trinajstić information content (AvgIpc) is 2.59. The number of aryl methyl sites for hydroxylation is 1. The highest BCUT2D eigenvalue weighted by molar-refractivity contribution is 14.0. The predicted molar refractivity (Wildman–Crippen MR) is 110 cm³/mol. The van der Waals surface area contributed by atoms with Gasteiger partial charge in [-0.3, -0.25) is 4.79 Å². The van der Waals surface area contributed by atoms with Crippen LogP contribution in [0.1, 0.15) is 44.2 Å². The van der Waals surface area contributed by atoms with Crippen molar-refractivity contribution >= 4 is 35.9 Å². The summed E-state index contributed by atoms with van der Waals surface area (Å²) in [6, 6.07) is 8.40. The van der Waals surface area contributed by atoms with Crippen molar-refractivity contribution in [2.24, 2.45) is 4.99 Å². The predicted octanol–water partition coefficient (Wildman–Crippen LogP) is 3.27. The quantitative estimate of drug-likeness (QED) is 0.201. The molecule has 6 heteroatoms. The molecule has 5 nitrogen and oxygen atoms in total. The molecule has 0 aliphatic heterocycles. The van der Waals surface area contributed by atoms with Gasteiger partial charge in [0.25, 0.3) is 0 Å². The summed E-state index contributed by atoms with van der Waals surface area (Å²) in [5.74, 6) is 0.665. The summed E-state index contributed by atoms with van der Waals surface area (Å²) in [6.45, 7) is 6.49.